The number of unbranched alkanes of at least 4 members (excludes halogenated alkanes) is 6. The molecule has 0 saturated carbocycles. The minimum atomic E-state index is -1.15. The zero-order valence-corrected chi connectivity index (χ0v) is 72.6. The number of aromatic hydroxyl groups is 8. The van der Waals surface area contributed by atoms with Gasteiger partial charge in [0.15, 0.2) is 0 Å². The Labute approximate surface area is 686 Å². The van der Waals surface area contributed by atoms with E-state index in [-0.39, 0.29) is 86.8 Å². The summed E-state index contributed by atoms with van der Waals surface area (Å²) in [5.41, 5.74) is 17.0. The van der Waals surface area contributed by atoms with Gasteiger partial charge in [-0.3, -0.25) is 0 Å². The van der Waals surface area contributed by atoms with Crippen LogP contribution in [0, 0.1) is 17.8 Å². The first-order valence-electron chi connectivity index (χ1n) is 42.6. The Balaban J connectivity index is 0.000000222. The predicted molar refractivity (Wildman–Crippen MR) is 476 cm³/mol. The lowest BCUT2D eigenvalue weighted by Gasteiger charge is -2.32. The molecule has 0 fully saturated rings. The molecule has 5 aliphatic rings. The van der Waals surface area contributed by atoms with Crippen LogP contribution >= 0.6 is 0 Å². The number of rotatable bonds is 29. The van der Waals surface area contributed by atoms with Gasteiger partial charge in [0, 0.05) is 34.4 Å². The Morgan fingerprint density at radius 1 is 0.430 bits per heavy atom. The number of aryl methyl sites for hydroxylation is 5. The minimum absolute atomic E-state index is 0.0194. The summed E-state index contributed by atoms with van der Waals surface area (Å²) < 4.78 is 12.4. The third-order valence-corrected chi connectivity index (χ3v) is 23.0. The lowest BCUT2D eigenvalue weighted by molar-refractivity contribution is 0.0691. The van der Waals surface area contributed by atoms with Gasteiger partial charge in [-0.05, 0) is 323 Å². The van der Waals surface area contributed by atoms with Gasteiger partial charge in [0.25, 0.3) is 0 Å². The lowest BCUT2D eigenvalue weighted by atomic mass is 9.73. The molecule has 0 spiro atoms. The first-order valence-corrected chi connectivity index (χ1v) is 42.6. The van der Waals surface area contributed by atoms with E-state index in [0.717, 1.165) is 196 Å². The largest absolute Gasteiger partial charge is 0.507 e. The maximum absolute atomic E-state index is 11.8. The summed E-state index contributed by atoms with van der Waals surface area (Å²) in [5, 5.41) is 93.5. The van der Waals surface area contributed by atoms with Crippen molar-refractivity contribution in [2.45, 2.75) is 314 Å². The van der Waals surface area contributed by atoms with Crippen LogP contribution in [0.15, 0.2) is 161 Å². The molecule has 0 bridgehead atoms. The molecular formula is C102H142O12. The molecule has 0 radical (unpaired) electrons. The monoisotopic (exact) mass is 1560 g/mol. The lowest BCUT2D eigenvalue weighted by Crippen LogP contribution is -2.31. The first-order chi connectivity index (χ1) is 54.0. The van der Waals surface area contributed by atoms with Crippen molar-refractivity contribution in [3.8, 4) is 57.5 Å². The van der Waals surface area contributed by atoms with Gasteiger partial charge in [-0.15, -0.1) is 0 Å². The number of aromatic carboxylic acids is 1. The molecule has 2 heterocycles. The Hall–Kier alpha value is -9.03. The van der Waals surface area contributed by atoms with Gasteiger partial charge < -0.3 is 55.4 Å². The maximum Gasteiger partial charge on any atom is 0.339 e. The molecule has 5 aromatic carbocycles. The van der Waals surface area contributed by atoms with Crippen LogP contribution in [-0.2, 0) is 32.1 Å². The molecule has 12 nitrogen and oxygen atoms in total. The molecule has 3 aliphatic carbocycles. The normalized spacial score (nSPS) is 20.3. The zero-order valence-electron chi connectivity index (χ0n) is 72.6. The van der Waals surface area contributed by atoms with Crippen molar-refractivity contribution < 1.29 is 60.2 Å². The number of phenols is 8. The summed E-state index contributed by atoms with van der Waals surface area (Å²) in [6, 6.07) is 16.7. The molecule has 2 aliphatic heterocycles. The fourth-order valence-corrected chi connectivity index (χ4v) is 16.6. The summed E-state index contributed by atoms with van der Waals surface area (Å²) in [6.45, 7) is 47.9. The van der Waals surface area contributed by atoms with E-state index in [1.165, 1.54) is 59.6 Å². The molecule has 114 heavy (non-hydrogen) atoms. The number of benzene rings is 5. The van der Waals surface area contributed by atoms with Crippen molar-refractivity contribution in [2.75, 3.05) is 0 Å². The third kappa shape index (κ3) is 27.0. The molecule has 0 saturated heterocycles. The van der Waals surface area contributed by atoms with Gasteiger partial charge in [0.2, 0.25) is 0 Å². The van der Waals surface area contributed by atoms with Gasteiger partial charge >= 0.3 is 5.97 Å². The van der Waals surface area contributed by atoms with Crippen LogP contribution in [0.5, 0.6) is 57.5 Å². The van der Waals surface area contributed by atoms with Gasteiger partial charge in [-0.1, -0.05) is 181 Å². The molecule has 622 valence electrons. The molecule has 0 amide bonds. The van der Waals surface area contributed by atoms with Gasteiger partial charge in [-0.25, -0.2) is 4.79 Å². The van der Waals surface area contributed by atoms with Crippen LogP contribution < -0.4 is 9.47 Å². The number of hydrogen-bond acceptors (Lipinski definition) is 11. The van der Waals surface area contributed by atoms with Gasteiger partial charge in [-0.2, -0.15) is 0 Å². The minimum Gasteiger partial charge on any atom is -0.507 e. The number of hydrogen-bond donors (Lipinski definition) is 9. The van der Waals surface area contributed by atoms with Crippen LogP contribution in [0.3, 0.4) is 0 Å². The van der Waals surface area contributed by atoms with E-state index < -0.39 is 5.97 Å². The molecule has 5 aromatic rings. The predicted octanol–water partition coefficient (Wildman–Crippen LogP) is 27.7. The average Bonchev–Trinajstić information content (AvgIpc) is 0.554. The molecule has 8 atom stereocenters. The number of allylic oxidation sites excluding steroid dienone is 13. The molecular weight excluding hydrogens is 1420 g/mol. The van der Waals surface area contributed by atoms with Crippen LogP contribution in [0.4, 0.5) is 0 Å². The zero-order chi connectivity index (χ0) is 84.3. The molecule has 2 unspecified atom stereocenters. The molecule has 12 heteroatoms. The highest BCUT2D eigenvalue weighted by Gasteiger charge is 2.36. The van der Waals surface area contributed by atoms with Gasteiger partial charge in [0.05, 0.1) is 11.1 Å². The fourth-order valence-electron chi connectivity index (χ4n) is 16.6. The summed E-state index contributed by atoms with van der Waals surface area (Å²) in [4.78, 5) is 11.8. The Morgan fingerprint density at radius 3 is 1.08 bits per heavy atom. The first kappa shape index (κ1) is 93.8. The number of carboxylic acid groups (broad SMARTS) is 1. The number of phenolic OH excluding ortho intramolecular Hbond substituents is 7. The van der Waals surface area contributed by atoms with Crippen LogP contribution in [0.25, 0.3) is 12.2 Å². The number of carbonyl (C=O) groups is 1. The van der Waals surface area contributed by atoms with E-state index in [2.05, 4.69) is 158 Å². The SMILES string of the molecule is C=C(C)[C@@H]1CCC(C)=C[C@H]1c1c(O)cc(CCC)cc1O.C=C(C)[C@@H]1CCC(C)=C[C@H]1c1c(O)cc(CCCCC)c(C(=O)O)c1O.C=C(C)[C@@H]1CCC(C)=C[C@H]1c1c(O)cc(CCCCC)cc1O.CCCCCc1cc(O)c2c(c1)OC(C)(CCC=C(C)C)C=C2.CCCc1cc(O)c2c(c1)OC(C)(CCC=C(C)C)C=C2. The van der Waals surface area contributed by atoms with E-state index in [1.807, 2.05) is 70.2 Å². The Morgan fingerprint density at radius 2 is 0.746 bits per heavy atom. The molecule has 9 N–H and O–H groups in total. The second-order valence-electron chi connectivity index (χ2n) is 34.2. The smallest absolute Gasteiger partial charge is 0.339 e. The van der Waals surface area contributed by atoms with Crippen LogP contribution in [0.2, 0.25) is 0 Å². The Kier molecular flexibility index (Phi) is 36.8. The van der Waals surface area contributed by atoms with Crippen molar-refractivity contribution in [1.82, 2.24) is 0 Å². The van der Waals surface area contributed by atoms with Crippen molar-refractivity contribution in [1.29, 1.82) is 0 Å². The topological polar surface area (TPSA) is 218 Å². The quantitative estimate of drug-likeness (QED) is 0.0161. The number of carboxylic acids is 1. The molecule has 10 rings (SSSR count). The Bertz CT molecular complexity index is 4280. The van der Waals surface area contributed by atoms with Crippen molar-refractivity contribution in [2.24, 2.45) is 17.8 Å². The van der Waals surface area contributed by atoms with E-state index in [4.69, 9.17) is 9.47 Å². The highest BCUT2D eigenvalue weighted by molar-refractivity contribution is 5.94. The van der Waals surface area contributed by atoms with Gasteiger partial charge in [0.1, 0.15) is 74.3 Å². The summed E-state index contributed by atoms with van der Waals surface area (Å²) >= 11 is 0. The number of fused-ring (bicyclic) bond motifs is 2. The third-order valence-electron chi connectivity index (χ3n) is 23.0. The highest BCUT2D eigenvalue weighted by atomic mass is 16.5. The highest BCUT2D eigenvalue weighted by Crippen LogP contribution is 2.51. The second kappa shape index (κ2) is 44.7. The van der Waals surface area contributed by atoms with Crippen molar-refractivity contribution in [3.05, 3.63) is 223 Å². The van der Waals surface area contributed by atoms with E-state index >= 15 is 0 Å². The average molecular weight is 1560 g/mol. The van der Waals surface area contributed by atoms with E-state index in [9.17, 15) is 50.8 Å². The van der Waals surface area contributed by atoms with Crippen molar-refractivity contribution >= 4 is 18.1 Å². The van der Waals surface area contributed by atoms with E-state index in [0.29, 0.717) is 40.2 Å². The van der Waals surface area contributed by atoms with Crippen LogP contribution in [0.1, 0.15) is 336 Å². The number of ether oxygens (including phenoxy) is 2. The summed E-state index contributed by atoms with van der Waals surface area (Å²) in [7, 11) is 0. The van der Waals surface area contributed by atoms with E-state index in [1.54, 1.807) is 12.1 Å². The standard InChI is InChI=1S/C22H30O4.2C21H30O2.2C19H26O2/c1-5-6-7-8-15-12-18(23)20(21(24)19(15)22(25)26)17-11-14(4)9-10-16(17)13(2)3;1-5-6-7-10-17-14-19(22)18-11-13-21(4,23-20(18)15-17)12-8-9-16(2)3;1-5-6-7-8-16-12-19(22)21(20(23)13-16)18-11-15(4)9-10-17(18)14(2)3;1-5-7-15-12-17(20)16-9-11-19(4,21-18(16)13-15)10-6-8-14(2)3;1-5-6-14-10-17(20)19(18(21)11-14)16-9-13(4)7-8-15(16)12(2)3/h11-12,16-17,23-24H,2,5-10H2,1,3-4H3,(H,25,26);9,11,13-15,22H,5-8,10,12H2,1-4H3;11-13,17-18,22-23H,2,5-10H2,1,3-4H3;8-9,11-13,20H,5-7,10H2,1-4H3;9-11,15-16,20-21H,2,5-8H2,1,3-4H3/t16-,17+;;17-,18+;;15-,16+/m0.0.0/s1. The second-order valence-corrected chi connectivity index (χ2v) is 34.2. The fraction of sp³-hybridized carbons (Fsp3) is 0.500. The summed E-state index contributed by atoms with van der Waals surface area (Å²) in [5.74, 6) is 2.06. The van der Waals surface area contributed by atoms with Crippen molar-refractivity contribution in [3.63, 3.8) is 0 Å². The molecule has 0 aromatic heterocycles. The summed E-state index contributed by atoms with van der Waals surface area (Å²) in [6.07, 6.45) is 45.0. The maximum atomic E-state index is 11.8. The van der Waals surface area contributed by atoms with Crippen LogP contribution in [-0.4, -0.2) is 63.1 Å².